The zero-order valence-corrected chi connectivity index (χ0v) is 20.3. The van der Waals surface area contributed by atoms with Gasteiger partial charge in [-0.2, -0.15) is 0 Å². The molecule has 3 aromatic rings. The smallest absolute Gasteiger partial charge is 0.264 e. The fourth-order valence-electron chi connectivity index (χ4n) is 3.18. The van der Waals surface area contributed by atoms with E-state index in [0.717, 1.165) is 16.0 Å². The molecule has 3 aromatic carbocycles. The Morgan fingerprint density at radius 1 is 1.00 bits per heavy atom. The van der Waals surface area contributed by atoms with Crippen molar-refractivity contribution in [2.24, 2.45) is 0 Å². The van der Waals surface area contributed by atoms with E-state index in [2.05, 4.69) is 5.32 Å². The number of amides is 1. The average molecular weight is 489 g/mol. The molecule has 0 aliphatic heterocycles. The van der Waals surface area contributed by atoms with E-state index in [4.69, 9.17) is 11.6 Å². The van der Waals surface area contributed by atoms with Gasteiger partial charge in [-0.1, -0.05) is 47.5 Å². The molecule has 0 saturated carbocycles. The third-order valence-corrected chi connectivity index (χ3v) is 7.79. The number of halogens is 1. The van der Waals surface area contributed by atoms with Gasteiger partial charge in [0, 0.05) is 22.2 Å². The number of hydrogen-bond donors (Lipinski definition) is 1. The number of carbonyl (C=O) groups is 1. The van der Waals surface area contributed by atoms with E-state index in [0.29, 0.717) is 23.0 Å². The van der Waals surface area contributed by atoms with Crippen LogP contribution in [0, 0.1) is 13.8 Å². The van der Waals surface area contributed by atoms with Crippen molar-refractivity contribution in [1.82, 2.24) is 5.32 Å². The molecular weight excluding hydrogens is 464 g/mol. The summed E-state index contributed by atoms with van der Waals surface area (Å²) in [7, 11) is -3.91. The van der Waals surface area contributed by atoms with Crippen LogP contribution in [0.5, 0.6) is 0 Å². The Morgan fingerprint density at radius 3 is 2.34 bits per heavy atom. The van der Waals surface area contributed by atoms with Crippen molar-refractivity contribution in [3.63, 3.8) is 0 Å². The van der Waals surface area contributed by atoms with Crippen molar-refractivity contribution >= 4 is 45.0 Å². The number of nitrogens with zero attached hydrogens (tertiary/aromatic N) is 1. The molecule has 0 bridgehead atoms. The predicted molar refractivity (Wildman–Crippen MR) is 132 cm³/mol. The summed E-state index contributed by atoms with van der Waals surface area (Å²) in [6.07, 6.45) is 0. The molecule has 0 aromatic heterocycles. The van der Waals surface area contributed by atoms with Crippen LogP contribution >= 0.6 is 23.4 Å². The van der Waals surface area contributed by atoms with Gasteiger partial charge in [0.05, 0.1) is 10.6 Å². The highest BCUT2D eigenvalue weighted by Crippen LogP contribution is 2.27. The number of carbonyl (C=O) groups excluding carboxylic acids is 1. The van der Waals surface area contributed by atoms with Gasteiger partial charge in [-0.05, 0) is 61.9 Å². The molecule has 32 heavy (non-hydrogen) atoms. The van der Waals surface area contributed by atoms with E-state index in [9.17, 15) is 13.2 Å². The first-order valence-electron chi connectivity index (χ1n) is 10.1. The predicted octanol–water partition coefficient (Wildman–Crippen LogP) is 5.06. The molecule has 0 unspecified atom stereocenters. The van der Waals surface area contributed by atoms with Crippen LogP contribution in [-0.2, 0) is 14.8 Å². The summed E-state index contributed by atoms with van der Waals surface area (Å²) in [6, 6.07) is 21.1. The third-order valence-electron chi connectivity index (χ3n) is 4.75. The van der Waals surface area contributed by atoms with Crippen molar-refractivity contribution in [3.05, 3.63) is 88.9 Å². The summed E-state index contributed by atoms with van der Waals surface area (Å²) in [5.41, 5.74) is 2.30. The molecule has 1 N–H and O–H groups in total. The molecule has 0 atom stereocenters. The summed E-state index contributed by atoms with van der Waals surface area (Å²) in [6.45, 7) is 3.90. The standard InChI is InChI=1S/C24H25ClN2O3S2/c1-18-8-13-23(19(2)16-18)27(32(29,30)22-6-4-3-5-7-22)17-24(28)26-14-15-31-21-11-9-20(25)10-12-21/h3-13,16H,14-15,17H2,1-2H3,(H,26,28). The summed E-state index contributed by atoms with van der Waals surface area (Å²) >= 11 is 7.48. The minimum absolute atomic E-state index is 0.145. The van der Waals surface area contributed by atoms with Crippen LogP contribution in [0.3, 0.4) is 0 Å². The van der Waals surface area contributed by atoms with Crippen molar-refractivity contribution in [2.45, 2.75) is 23.6 Å². The van der Waals surface area contributed by atoms with Crippen LogP contribution in [0.15, 0.2) is 82.6 Å². The van der Waals surface area contributed by atoms with Gasteiger partial charge >= 0.3 is 0 Å². The Kier molecular flexibility index (Phi) is 8.23. The van der Waals surface area contributed by atoms with E-state index >= 15 is 0 Å². The monoisotopic (exact) mass is 488 g/mol. The van der Waals surface area contributed by atoms with E-state index in [-0.39, 0.29) is 17.3 Å². The van der Waals surface area contributed by atoms with Crippen LogP contribution < -0.4 is 9.62 Å². The van der Waals surface area contributed by atoms with Gasteiger partial charge in [0.1, 0.15) is 6.54 Å². The molecule has 168 valence electrons. The van der Waals surface area contributed by atoms with Crippen molar-refractivity contribution in [3.8, 4) is 0 Å². The number of benzene rings is 3. The van der Waals surface area contributed by atoms with Gasteiger partial charge in [-0.3, -0.25) is 9.10 Å². The molecule has 1 amide bonds. The number of sulfonamides is 1. The molecule has 0 spiro atoms. The molecule has 5 nitrogen and oxygen atoms in total. The second-order valence-electron chi connectivity index (χ2n) is 7.27. The molecule has 3 rings (SSSR count). The van der Waals surface area contributed by atoms with Crippen LogP contribution in [-0.4, -0.2) is 33.2 Å². The Labute approximate surface area is 198 Å². The van der Waals surface area contributed by atoms with E-state index in [1.165, 1.54) is 16.4 Å². The maximum Gasteiger partial charge on any atom is 0.264 e. The first-order chi connectivity index (χ1) is 15.3. The molecule has 0 radical (unpaired) electrons. The second kappa shape index (κ2) is 10.9. The summed E-state index contributed by atoms with van der Waals surface area (Å²) in [5.74, 6) is 0.295. The fourth-order valence-corrected chi connectivity index (χ4v) is 5.58. The summed E-state index contributed by atoms with van der Waals surface area (Å²) in [5, 5.41) is 3.50. The van der Waals surface area contributed by atoms with E-state index in [1.54, 1.807) is 36.0 Å². The van der Waals surface area contributed by atoms with Crippen molar-refractivity contribution in [1.29, 1.82) is 0 Å². The van der Waals surface area contributed by atoms with Gasteiger partial charge < -0.3 is 5.32 Å². The normalized spacial score (nSPS) is 11.2. The van der Waals surface area contributed by atoms with Gasteiger partial charge in [0.15, 0.2) is 0 Å². The number of aryl methyl sites for hydroxylation is 2. The third kappa shape index (κ3) is 6.28. The van der Waals surface area contributed by atoms with Gasteiger partial charge in [0.2, 0.25) is 5.91 Å². The zero-order chi connectivity index (χ0) is 23.1. The van der Waals surface area contributed by atoms with Crippen molar-refractivity contribution < 1.29 is 13.2 Å². The molecule has 0 aliphatic rings. The number of nitrogens with one attached hydrogen (secondary N) is 1. The largest absolute Gasteiger partial charge is 0.354 e. The molecule has 0 saturated heterocycles. The molecule has 0 heterocycles. The lowest BCUT2D eigenvalue weighted by Crippen LogP contribution is -2.41. The maximum atomic E-state index is 13.4. The SMILES string of the molecule is Cc1ccc(N(CC(=O)NCCSc2ccc(Cl)cc2)S(=O)(=O)c2ccccc2)c(C)c1. The fraction of sp³-hybridized carbons (Fsp3) is 0.208. The van der Waals surface area contributed by atoms with Gasteiger partial charge in [-0.25, -0.2) is 8.42 Å². The van der Waals surface area contributed by atoms with Crippen molar-refractivity contribution in [2.75, 3.05) is 23.1 Å². The topological polar surface area (TPSA) is 66.5 Å². The highest BCUT2D eigenvalue weighted by Gasteiger charge is 2.28. The second-order valence-corrected chi connectivity index (χ2v) is 10.7. The molecule has 0 fully saturated rings. The number of rotatable bonds is 9. The van der Waals surface area contributed by atoms with E-state index < -0.39 is 10.0 Å². The zero-order valence-electron chi connectivity index (χ0n) is 17.9. The lowest BCUT2D eigenvalue weighted by Gasteiger charge is -2.26. The van der Waals surface area contributed by atoms with Gasteiger partial charge in [-0.15, -0.1) is 11.8 Å². The van der Waals surface area contributed by atoms with Crippen LogP contribution in [0.1, 0.15) is 11.1 Å². The number of hydrogen-bond acceptors (Lipinski definition) is 4. The first-order valence-corrected chi connectivity index (χ1v) is 12.9. The lowest BCUT2D eigenvalue weighted by atomic mass is 10.1. The number of anilines is 1. The summed E-state index contributed by atoms with van der Waals surface area (Å²) in [4.78, 5) is 13.9. The summed E-state index contributed by atoms with van der Waals surface area (Å²) < 4.78 is 27.9. The average Bonchev–Trinajstić information content (AvgIpc) is 2.77. The Bertz CT molecular complexity index is 1170. The molecular formula is C24H25ClN2O3S2. The molecule has 8 heteroatoms. The first kappa shape index (κ1) is 24.2. The maximum absolute atomic E-state index is 13.4. The highest BCUT2D eigenvalue weighted by atomic mass is 35.5. The minimum atomic E-state index is -3.91. The van der Waals surface area contributed by atoms with Crippen LogP contribution in [0.4, 0.5) is 5.69 Å². The van der Waals surface area contributed by atoms with E-state index in [1.807, 2.05) is 50.2 Å². The molecule has 0 aliphatic carbocycles. The Hall–Kier alpha value is -2.48. The highest BCUT2D eigenvalue weighted by molar-refractivity contribution is 7.99. The van der Waals surface area contributed by atoms with Crippen LogP contribution in [0.2, 0.25) is 5.02 Å². The van der Waals surface area contributed by atoms with Crippen LogP contribution in [0.25, 0.3) is 0 Å². The number of thioether (sulfide) groups is 1. The minimum Gasteiger partial charge on any atom is -0.354 e. The van der Waals surface area contributed by atoms with Gasteiger partial charge in [0.25, 0.3) is 10.0 Å². The Morgan fingerprint density at radius 2 is 1.69 bits per heavy atom. The lowest BCUT2D eigenvalue weighted by molar-refractivity contribution is -0.119. The quantitative estimate of drug-likeness (QED) is 0.337. The Balaban J connectivity index is 1.72.